The van der Waals surface area contributed by atoms with Gasteiger partial charge in [0.2, 0.25) is 0 Å². The summed E-state index contributed by atoms with van der Waals surface area (Å²) in [4.78, 5) is 7.37. The second-order valence-electron chi connectivity index (χ2n) is 7.39. The van der Waals surface area contributed by atoms with Crippen molar-refractivity contribution in [3.05, 3.63) is 58.9 Å². The van der Waals surface area contributed by atoms with E-state index in [9.17, 15) is 0 Å². The number of halogens is 1. The number of nitrogens with zero attached hydrogens (tertiary/aromatic N) is 2. The van der Waals surface area contributed by atoms with Crippen molar-refractivity contribution in [2.75, 3.05) is 34.4 Å². The molecule has 1 aliphatic carbocycles. The Balaban J connectivity index is 3.58. The van der Waals surface area contributed by atoms with Crippen LogP contribution >= 0.6 is 15.9 Å². The molecule has 28 heavy (non-hydrogen) atoms. The quantitative estimate of drug-likeness (QED) is 0.375. The van der Waals surface area contributed by atoms with Crippen LogP contribution in [-0.4, -0.2) is 55.9 Å². The number of methoxy groups -OCH3 is 1. The highest BCUT2D eigenvalue weighted by atomic mass is 79.9. The van der Waals surface area contributed by atoms with Crippen LogP contribution in [0.2, 0.25) is 0 Å². The fraction of sp³-hybridized carbons (Fsp3) is 0.522. The standard InChI is InChI=1S/C23H36BrN3O/c1-16(2)19-10-9-11-23(28-8)21(13-19)20(12-18(5)24)22(26-15-25-6)14-27(7)17(3)4/h10-13,17-18,25H,1,9,14-15H2,2-8H3/b20-12-,26-22-. The zero-order valence-electron chi connectivity index (χ0n) is 18.5. The molecule has 1 unspecified atom stereocenters. The highest BCUT2D eigenvalue weighted by molar-refractivity contribution is 9.09. The van der Waals surface area contributed by atoms with Crippen molar-refractivity contribution in [2.24, 2.45) is 4.99 Å². The lowest BCUT2D eigenvalue weighted by molar-refractivity contribution is 0.300. The molecule has 0 spiro atoms. The van der Waals surface area contributed by atoms with Crippen molar-refractivity contribution in [3.63, 3.8) is 0 Å². The first-order valence-corrected chi connectivity index (χ1v) is 10.7. The first kappa shape index (κ1) is 24.6. The average Bonchev–Trinajstić information content (AvgIpc) is 2.85. The molecule has 1 N–H and O–H groups in total. The van der Waals surface area contributed by atoms with Crippen molar-refractivity contribution in [1.82, 2.24) is 10.2 Å². The van der Waals surface area contributed by atoms with Crippen molar-refractivity contribution < 1.29 is 4.74 Å². The van der Waals surface area contributed by atoms with Crippen LogP contribution in [0.4, 0.5) is 0 Å². The van der Waals surface area contributed by atoms with Crippen LogP contribution in [0.3, 0.4) is 0 Å². The number of hydrogen-bond acceptors (Lipinski definition) is 4. The maximum absolute atomic E-state index is 5.77. The van der Waals surface area contributed by atoms with Crippen LogP contribution in [0.15, 0.2) is 63.9 Å². The summed E-state index contributed by atoms with van der Waals surface area (Å²) in [5, 5.41) is 3.14. The second-order valence-corrected chi connectivity index (χ2v) is 8.83. The molecule has 0 saturated carbocycles. The second kappa shape index (κ2) is 12.2. The molecule has 0 aliphatic heterocycles. The molecule has 0 aromatic carbocycles. The molecule has 1 rings (SSSR count). The van der Waals surface area contributed by atoms with E-state index in [0.29, 0.717) is 12.7 Å². The number of ether oxygens (including phenoxy) is 1. The van der Waals surface area contributed by atoms with E-state index in [2.05, 4.69) is 84.8 Å². The van der Waals surface area contributed by atoms with Gasteiger partial charge < -0.3 is 10.1 Å². The largest absolute Gasteiger partial charge is 0.496 e. The van der Waals surface area contributed by atoms with E-state index >= 15 is 0 Å². The number of alkyl halides is 1. The molecule has 0 radical (unpaired) electrons. The predicted octanol–water partition coefficient (Wildman–Crippen LogP) is 5.02. The van der Waals surface area contributed by atoms with Crippen molar-refractivity contribution >= 4 is 21.6 Å². The monoisotopic (exact) mass is 449 g/mol. The summed E-state index contributed by atoms with van der Waals surface area (Å²) in [6.07, 6.45) is 9.51. The summed E-state index contributed by atoms with van der Waals surface area (Å²) in [6.45, 7) is 14.0. The molecule has 0 bridgehead atoms. The molecule has 0 amide bonds. The Morgan fingerprint density at radius 1 is 1.39 bits per heavy atom. The molecule has 0 aromatic rings. The highest BCUT2D eigenvalue weighted by Crippen LogP contribution is 2.30. The number of nitrogens with one attached hydrogen (secondary N) is 1. The Kier molecular flexibility index (Phi) is 10.7. The first-order chi connectivity index (χ1) is 13.2. The van der Waals surface area contributed by atoms with Crippen LogP contribution in [0.5, 0.6) is 0 Å². The van der Waals surface area contributed by atoms with E-state index in [4.69, 9.17) is 9.73 Å². The van der Waals surface area contributed by atoms with Crippen molar-refractivity contribution in [2.45, 2.75) is 45.0 Å². The molecular formula is C23H36BrN3O. The van der Waals surface area contributed by atoms with E-state index in [0.717, 1.165) is 46.7 Å². The molecule has 5 heteroatoms. The SMILES string of the molecule is C=C(C)C1=CCC=C(OC)C(C(=C/C(C)Br)/C(CN(C)C(C)C)=N\CNC)=C1. The van der Waals surface area contributed by atoms with Crippen LogP contribution in [0.1, 0.15) is 34.1 Å². The van der Waals surface area contributed by atoms with Gasteiger partial charge in [0.05, 0.1) is 19.5 Å². The molecule has 0 fully saturated rings. The molecule has 1 aliphatic rings. The van der Waals surface area contributed by atoms with Gasteiger partial charge in [-0.25, -0.2) is 0 Å². The third-order valence-electron chi connectivity index (χ3n) is 4.63. The fourth-order valence-electron chi connectivity index (χ4n) is 2.77. The Morgan fingerprint density at radius 3 is 2.57 bits per heavy atom. The minimum absolute atomic E-state index is 0.200. The Bertz CT molecular complexity index is 697. The van der Waals surface area contributed by atoms with E-state index in [1.165, 1.54) is 0 Å². The molecule has 156 valence electrons. The first-order valence-electron chi connectivity index (χ1n) is 9.78. The van der Waals surface area contributed by atoms with Crippen LogP contribution in [-0.2, 0) is 4.74 Å². The zero-order valence-corrected chi connectivity index (χ0v) is 20.1. The molecule has 0 aromatic heterocycles. The Morgan fingerprint density at radius 2 is 2.07 bits per heavy atom. The summed E-state index contributed by atoms with van der Waals surface area (Å²) in [6, 6.07) is 0.425. The number of allylic oxidation sites excluding steroid dienone is 7. The lowest BCUT2D eigenvalue weighted by atomic mass is 9.94. The summed E-state index contributed by atoms with van der Waals surface area (Å²) >= 11 is 3.70. The third kappa shape index (κ3) is 7.53. The Hall–Kier alpha value is -1.43. The Labute approximate surface area is 180 Å². The topological polar surface area (TPSA) is 36.9 Å². The smallest absolute Gasteiger partial charge is 0.123 e. The van der Waals surface area contributed by atoms with Gasteiger partial charge in [0.15, 0.2) is 0 Å². The third-order valence-corrected chi connectivity index (χ3v) is 4.89. The van der Waals surface area contributed by atoms with Gasteiger partial charge in [0, 0.05) is 28.6 Å². The van der Waals surface area contributed by atoms with Gasteiger partial charge in [-0.15, -0.1) is 0 Å². The average molecular weight is 450 g/mol. The summed E-state index contributed by atoms with van der Waals surface area (Å²) in [7, 11) is 5.77. The highest BCUT2D eigenvalue weighted by Gasteiger charge is 2.21. The minimum atomic E-state index is 0.200. The normalized spacial score (nSPS) is 17.1. The van der Waals surface area contributed by atoms with Crippen LogP contribution < -0.4 is 5.32 Å². The van der Waals surface area contributed by atoms with E-state index in [1.807, 2.05) is 14.0 Å². The molecule has 4 nitrogen and oxygen atoms in total. The molecule has 0 heterocycles. The van der Waals surface area contributed by atoms with Crippen LogP contribution in [0, 0.1) is 0 Å². The molecule has 1 atom stereocenters. The van der Waals surface area contributed by atoms with Crippen molar-refractivity contribution in [1.29, 1.82) is 0 Å². The maximum atomic E-state index is 5.77. The van der Waals surface area contributed by atoms with Crippen LogP contribution in [0.25, 0.3) is 0 Å². The summed E-state index contributed by atoms with van der Waals surface area (Å²) in [5.41, 5.74) is 5.36. The van der Waals surface area contributed by atoms with E-state index < -0.39 is 0 Å². The summed E-state index contributed by atoms with van der Waals surface area (Å²) < 4.78 is 5.77. The fourth-order valence-corrected chi connectivity index (χ4v) is 3.04. The van der Waals surface area contributed by atoms with Gasteiger partial charge in [-0.3, -0.25) is 9.89 Å². The van der Waals surface area contributed by atoms with Gasteiger partial charge in [0.1, 0.15) is 5.76 Å². The molecule has 0 saturated heterocycles. The lowest BCUT2D eigenvalue weighted by Gasteiger charge is -2.25. The van der Waals surface area contributed by atoms with Gasteiger partial charge in [0.25, 0.3) is 0 Å². The van der Waals surface area contributed by atoms with Gasteiger partial charge >= 0.3 is 0 Å². The predicted molar refractivity (Wildman–Crippen MR) is 126 cm³/mol. The van der Waals surface area contributed by atoms with E-state index in [1.54, 1.807) is 7.11 Å². The van der Waals surface area contributed by atoms with Gasteiger partial charge in [-0.2, -0.15) is 0 Å². The molecular weight excluding hydrogens is 414 g/mol. The minimum Gasteiger partial charge on any atom is -0.496 e. The van der Waals surface area contributed by atoms with Gasteiger partial charge in [-0.1, -0.05) is 40.2 Å². The zero-order chi connectivity index (χ0) is 21.3. The summed E-state index contributed by atoms with van der Waals surface area (Å²) in [5.74, 6) is 0.872. The van der Waals surface area contributed by atoms with Gasteiger partial charge in [-0.05, 0) is 65.9 Å². The number of rotatable bonds is 10. The lowest BCUT2D eigenvalue weighted by Crippen LogP contribution is -2.33. The number of hydrogen-bond donors (Lipinski definition) is 1. The number of aliphatic imine (C=N–C) groups is 1. The maximum Gasteiger partial charge on any atom is 0.123 e. The van der Waals surface area contributed by atoms with E-state index in [-0.39, 0.29) is 4.83 Å². The van der Waals surface area contributed by atoms with Crippen molar-refractivity contribution in [3.8, 4) is 0 Å².